The number of halogens is 1. The summed E-state index contributed by atoms with van der Waals surface area (Å²) < 4.78 is 11.2. The molecule has 2 heterocycles. The average molecular weight is 321 g/mol. The Morgan fingerprint density at radius 3 is 2.91 bits per heavy atom. The Morgan fingerprint density at radius 1 is 1.32 bits per heavy atom. The normalized spacial score (nSPS) is 14.9. The van der Waals surface area contributed by atoms with Gasteiger partial charge in [-0.3, -0.25) is 0 Å². The molecule has 0 spiro atoms. The van der Waals surface area contributed by atoms with E-state index in [1.807, 2.05) is 24.3 Å². The molecule has 2 N–H and O–H groups in total. The smallest absolute Gasteiger partial charge is 0.242 e. The predicted molar refractivity (Wildman–Crippen MR) is 85.3 cm³/mol. The summed E-state index contributed by atoms with van der Waals surface area (Å²) in [7, 11) is 0. The fourth-order valence-electron chi connectivity index (χ4n) is 2.30. The molecule has 1 saturated heterocycles. The van der Waals surface area contributed by atoms with Gasteiger partial charge in [-0.15, -0.1) is 0 Å². The Hall–Kier alpha value is -2.05. The number of anilines is 2. The first-order chi connectivity index (χ1) is 10.7. The molecule has 1 aliphatic heterocycles. The number of ether oxygens (including phenoxy) is 2. The average Bonchev–Trinajstić information content (AvgIpc) is 2.54. The summed E-state index contributed by atoms with van der Waals surface area (Å²) >= 11 is 5.90. The van der Waals surface area contributed by atoms with E-state index in [9.17, 15) is 0 Å². The second-order valence-electron chi connectivity index (χ2n) is 4.96. The summed E-state index contributed by atoms with van der Waals surface area (Å²) in [4.78, 5) is 10.4. The lowest BCUT2D eigenvalue weighted by Gasteiger charge is -2.29. The second-order valence-corrected chi connectivity index (χ2v) is 5.30. The minimum Gasteiger partial charge on any atom is -0.471 e. The molecule has 1 fully saturated rings. The first-order valence-electron chi connectivity index (χ1n) is 7.05. The summed E-state index contributed by atoms with van der Waals surface area (Å²) in [5.41, 5.74) is 8.28. The van der Waals surface area contributed by atoms with Crippen LogP contribution in [0.3, 0.4) is 0 Å². The molecule has 1 aromatic carbocycles. The summed E-state index contributed by atoms with van der Waals surface area (Å²) in [5, 5.41) is 0.166. The Morgan fingerprint density at radius 2 is 2.14 bits per heavy atom. The van der Waals surface area contributed by atoms with Gasteiger partial charge in [-0.25, -0.2) is 4.98 Å². The molecule has 2 aromatic rings. The van der Waals surface area contributed by atoms with Gasteiger partial charge in [-0.2, -0.15) is 4.98 Å². The zero-order valence-corrected chi connectivity index (χ0v) is 12.8. The monoisotopic (exact) mass is 320 g/mol. The fraction of sp³-hybridized carbons (Fsp3) is 0.333. The second kappa shape index (κ2) is 6.81. The van der Waals surface area contributed by atoms with Gasteiger partial charge in [0.05, 0.1) is 19.4 Å². The van der Waals surface area contributed by atoms with Gasteiger partial charge in [0.15, 0.2) is 0 Å². The molecule has 6 nitrogen and oxygen atoms in total. The van der Waals surface area contributed by atoms with E-state index < -0.39 is 0 Å². The van der Waals surface area contributed by atoms with Crippen molar-refractivity contribution in [3.05, 3.63) is 41.3 Å². The SMILES string of the molecule is Nc1cccc(COc2nc(Cl)ncc2N2CCOCC2)c1. The number of morpholine rings is 1. The molecule has 1 aliphatic rings. The zero-order chi connectivity index (χ0) is 15.4. The standard InChI is InChI=1S/C15H17ClN4O2/c16-15-18-9-13(20-4-6-21-7-5-20)14(19-15)22-10-11-2-1-3-12(17)8-11/h1-3,8-9H,4-7,10,17H2. The van der Waals surface area contributed by atoms with E-state index in [1.165, 1.54) is 0 Å². The van der Waals surface area contributed by atoms with Gasteiger partial charge < -0.3 is 20.1 Å². The molecule has 1 aromatic heterocycles. The van der Waals surface area contributed by atoms with Gasteiger partial charge >= 0.3 is 0 Å². The molecular formula is C15H17ClN4O2. The van der Waals surface area contributed by atoms with Gasteiger partial charge in [0, 0.05) is 18.8 Å². The number of hydrogen-bond donors (Lipinski definition) is 1. The van der Waals surface area contributed by atoms with E-state index in [2.05, 4.69) is 14.9 Å². The third-order valence-electron chi connectivity index (χ3n) is 3.38. The first-order valence-corrected chi connectivity index (χ1v) is 7.42. The fourth-order valence-corrected chi connectivity index (χ4v) is 2.43. The summed E-state index contributed by atoms with van der Waals surface area (Å²) in [6.07, 6.45) is 1.69. The minimum absolute atomic E-state index is 0.166. The van der Waals surface area contributed by atoms with Crippen molar-refractivity contribution in [2.75, 3.05) is 36.9 Å². The lowest BCUT2D eigenvalue weighted by atomic mass is 10.2. The van der Waals surface area contributed by atoms with Crippen molar-refractivity contribution in [1.29, 1.82) is 0 Å². The van der Waals surface area contributed by atoms with E-state index in [1.54, 1.807) is 6.20 Å². The highest BCUT2D eigenvalue weighted by Gasteiger charge is 2.18. The van der Waals surface area contributed by atoms with E-state index in [0.717, 1.165) is 24.3 Å². The minimum atomic E-state index is 0.166. The van der Waals surface area contributed by atoms with Crippen molar-refractivity contribution >= 4 is 23.0 Å². The predicted octanol–water partition coefficient (Wildman–Crippen LogP) is 2.13. The van der Waals surface area contributed by atoms with Crippen LogP contribution in [0.15, 0.2) is 30.5 Å². The van der Waals surface area contributed by atoms with Crippen molar-refractivity contribution in [1.82, 2.24) is 9.97 Å². The number of rotatable bonds is 4. The highest BCUT2D eigenvalue weighted by Crippen LogP contribution is 2.28. The van der Waals surface area contributed by atoms with Crippen LogP contribution in [-0.4, -0.2) is 36.3 Å². The summed E-state index contributed by atoms with van der Waals surface area (Å²) in [6, 6.07) is 7.55. The van der Waals surface area contributed by atoms with Crippen LogP contribution in [0, 0.1) is 0 Å². The number of nitrogens with two attached hydrogens (primary N) is 1. The van der Waals surface area contributed by atoms with Crippen LogP contribution < -0.4 is 15.4 Å². The number of hydrogen-bond acceptors (Lipinski definition) is 6. The topological polar surface area (TPSA) is 73.5 Å². The lowest BCUT2D eigenvalue weighted by molar-refractivity contribution is 0.122. The maximum absolute atomic E-state index is 5.90. The number of benzene rings is 1. The number of nitrogen functional groups attached to an aromatic ring is 1. The van der Waals surface area contributed by atoms with Crippen molar-refractivity contribution in [3.63, 3.8) is 0 Å². The van der Waals surface area contributed by atoms with Gasteiger partial charge in [-0.05, 0) is 29.3 Å². The number of nitrogens with zero attached hydrogens (tertiary/aromatic N) is 3. The Bertz CT molecular complexity index is 647. The van der Waals surface area contributed by atoms with E-state index in [-0.39, 0.29) is 5.28 Å². The maximum atomic E-state index is 5.90. The molecule has 0 atom stereocenters. The highest BCUT2D eigenvalue weighted by atomic mass is 35.5. The van der Waals surface area contributed by atoms with Crippen LogP contribution in [0.4, 0.5) is 11.4 Å². The van der Waals surface area contributed by atoms with Crippen LogP contribution in [-0.2, 0) is 11.3 Å². The molecule has 0 amide bonds. The highest BCUT2D eigenvalue weighted by molar-refractivity contribution is 6.28. The molecule has 7 heteroatoms. The first kappa shape index (κ1) is 14.9. The van der Waals surface area contributed by atoms with Crippen molar-refractivity contribution in [2.45, 2.75) is 6.61 Å². The molecule has 0 unspecified atom stereocenters. The van der Waals surface area contributed by atoms with Crippen LogP contribution in [0.1, 0.15) is 5.56 Å². The lowest BCUT2D eigenvalue weighted by Crippen LogP contribution is -2.36. The van der Waals surface area contributed by atoms with Crippen LogP contribution >= 0.6 is 11.6 Å². The van der Waals surface area contributed by atoms with Crippen molar-refractivity contribution < 1.29 is 9.47 Å². The van der Waals surface area contributed by atoms with Gasteiger partial charge in [0.1, 0.15) is 12.3 Å². The van der Waals surface area contributed by atoms with E-state index in [0.29, 0.717) is 31.4 Å². The van der Waals surface area contributed by atoms with Gasteiger partial charge in [0.2, 0.25) is 11.2 Å². The van der Waals surface area contributed by atoms with Gasteiger partial charge in [0.25, 0.3) is 0 Å². The van der Waals surface area contributed by atoms with Gasteiger partial charge in [-0.1, -0.05) is 12.1 Å². The third kappa shape index (κ3) is 3.58. The molecule has 0 saturated carbocycles. The zero-order valence-electron chi connectivity index (χ0n) is 12.0. The summed E-state index contributed by atoms with van der Waals surface area (Å²) in [6.45, 7) is 3.28. The molecular weight excluding hydrogens is 304 g/mol. The van der Waals surface area contributed by atoms with E-state index in [4.69, 9.17) is 26.8 Å². The van der Waals surface area contributed by atoms with Crippen LogP contribution in [0.25, 0.3) is 0 Å². The Kier molecular flexibility index (Phi) is 4.60. The third-order valence-corrected chi connectivity index (χ3v) is 3.57. The molecule has 0 bridgehead atoms. The van der Waals surface area contributed by atoms with Crippen molar-refractivity contribution in [2.24, 2.45) is 0 Å². The van der Waals surface area contributed by atoms with Crippen LogP contribution in [0.5, 0.6) is 5.88 Å². The van der Waals surface area contributed by atoms with Crippen molar-refractivity contribution in [3.8, 4) is 5.88 Å². The Labute approximate surface area is 133 Å². The molecule has 3 rings (SSSR count). The van der Waals surface area contributed by atoms with E-state index >= 15 is 0 Å². The largest absolute Gasteiger partial charge is 0.471 e. The molecule has 22 heavy (non-hydrogen) atoms. The summed E-state index contributed by atoms with van der Waals surface area (Å²) in [5.74, 6) is 0.476. The number of aromatic nitrogens is 2. The molecule has 116 valence electrons. The van der Waals surface area contributed by atoms with Crippen LogP contribution in [0.2, 0.25) is 5.28 Å². The molecule has 0 radical (unpaired) electrons. The quantitative estimate of drug-likeness (QED) is 0.687. The maximum Gasteiger partial charge on any atom is 0.242 e. The molecule has 0 aliphatic carbocycles. The Balaban J connectivity index is 1.78.